The van der Waals surface area contributed by atoms with Gasteiger partial charge >= 0.3 is 11.9 Å². The summed E-state index contributed by atoms with van der Waals surface area (Å²) in [5, 5.41) is 0. The Labute approximate surface area is 159 Å². The molecule has 0 atom stereocenters. The van der Waals surface area contributed by atoms with Crippen molar-refractivity contribution in [2.24, 2.45) is 0 Å². The van der Waals surface area contributed by atoms with E-state index in [-0.39, 0.29) is 24.8 Å². The number of aryl methyl sites for hydroxylation is 3. The molecule has 0 saturated carbocycles. The van der Waals surface area contributed by atoms with Gasteiger partial charge < -0.3 is 14.0 Å². The van der Waals surface area contributed by atoms with Gasteiger partial charge in [-0.25, -0.2) is 4.79 Å². The molecule has 144 valence electrons. The Morgan fingerprint density at radius 3 is 2.19 bits per heavy atom. The van der Waals surface area contributed by atoms with E-state index in [1.54, 1.807) is 18.2 Å². The maximum Gasteiger partial charge on any atom is 0.338 e. The summed E-state index contributed by atoms with van der Waals surface area (Å²) in [5.74, 6) is -1.10. The normalized spacial score (nSPS) is 10.6. The van der Waals surface area contributed by atoms with Crippen molar-refractivity contribution in [1.82, 2.24) is 4.57 Å². The predicted octanol–water partition coefficient (Wildman–Crippen LogP) is 3.32. The van der Waals surface area contributed by atoms with Crippen LogP contribution in [0.15, 0.2) is 24.3 Å². The van der Waals surface area contributed by atoms with Crippen LogP contribution < -0.4 is 0 Å². The van der Waals surface area contributed by atoms with Crippen LogP contribution in [0.3, 0.4) is 0 Å². The molecule has 27 heavy (non-hydrogen) atoms. The molecule has 0 spiro atoms. The molecule has 0 aliphatic rings. The Morgan fingerprint density at radius 2 is 1.59 bits per heavy atom. The molecule has 0 aliphatic carbocycles. The molecule has 2 rings (SSSR count). The second kappa shape index (κ2) is 8.66. The van der Waals surface area contributed by atoms with E-state index in [0.29, 0.717) is 17.7 Å². The van der Waals surface area contributed by atoms with Crippen LogP contribution in [-0.2, 0) is 20.8 Å². The zero-order chi connectivity index (χ0) is 20.1. The van der Waals surface area contributed by atoms with Crippen molar-refractivity contribution in [3.8, 4) is 0 Å². The predicted molar refractivity (Wildman–Crippen MR) is 101 cm³/mol. The zero-order valence-electron chi connectivity index (χ0n) is 16.4. The summed E-state index contributed by atoms with van der Waals surface area (Å²) < 4.78 is 11.7. The summed E-state index contributed by atoms with van der Waals surface area (Å²) in [4.78, 5) is 36.1. The number of ketones is 1. The van der Waals surface area contributed by atoms with Crippen molar-refractivity contribution < 1.29 is 23.9 Å². The van der Waals surface area contributed by atoms with Crippen LogP contribution in [0.4, 0.5) is 0 Å². The maximum atomic E-state index is 12.5. The third kappa shape index (κ3) is 5.06. The monoisotopic (exact) mass is 371 g/mol. The molecule has 0 saturated heterocycles. The SMILES string of the molecule is COC(=O)CCn1c(C)cc(C(=O)COC(=O)c2cc(C)cc(C)c2)c1C. The van der Waals surface area contributed by atoms with Gasteiger partial charge in [0, 0.05) is 23.5 Å². The maximum absolute atomic E-state index is 12.5. The number of hydrogen-bond donors (Lipinski definition) is 0. The second-order valence-corrected chi connectivity index (χ2v) is 6.64. The fourth-order valence-electron chi connectivity index (χ4n) is 3.12. The lowest BCUT2D eigenvalue weighted by Crippen LogP contribution is -2.15. The highest BCUT2D eigenvalue weighted by Gasteiger charge is 2.18. The van der Waals surface area contributed by atoms with E-state index >= 15 is 0 Å². The number of aromatic nitrogens is 1. The number of Topliss-reactive ketones (excluding diaryl/α,β-unsaturated/α-hetero) is 1. The third-order valence-corrected chi connectivity index (χ3v) is 4.43. The van der Waals surface area contributed by atoms with Gasteiger partial charge in [0.15, 0.2) is 6.61 Å². The minimum absolute atomic E-state index is 0.224. The summed E-state index contributed by atoms with van der Waals surface area (Å²) >= 11 is 0. The standard InChI is InChI=1S/C21H25NO5/c1-13-8-14(2)10-17(9-13)21(25)27-12-19(23)18-11-15(3)22(16(18)4)7-6-20(24)26-5/h8-11H,6-7,12H2,1-5H3. The van der Waals surface area contributed by atoms with Gasteiger partial charge in [-0.15, -0.1) is 0 Å². The molecule has 0 radical (unpaired) electrons. The van der Waals surface area contributed by atoms with Gasteiger partial charge in [0.05, 0.1) is 19.1 Å². The lowest BCUT2D eigenvalue weighted by atomic mass is 10.1. The van der Waals surface area contributed by atoms with Crippen molar-refractivity contribution in [3.05, 3.63) is 57.9 Å². The quantitative estimate of drug-likeness (QED) is 0.551. The summed E-state index contributed by atoms with van der Waals surface area (Å²) in [6.45, 7) is 7.58. The first kappa shape index (κ1) is 20.4. The number of rotatable bonds is 7. The summed E-state index contributed by atoms with van der Waals surface area (Å²) in [5.41, 5.74) is 4.45. The molecule has 0 bridgehead atoms. The summed E-state index contributed by atoms with van der Waals surface area (Å²) in [6, 6.07) is 7.18. The fraction of sp³-hybridized carbons (Fsp3) is 0.381. The number of carbonyl (C=O) groups is 3. The third-order valence-electron chi connectivity index (χ3n) is 4.43. The second-order valence-electron chi connectivity index (χ2n) is 6.64. The molecule has 1 aromatic carbocycles. The first-order valence-electron chi connectivity index (χ1n) is 8.75. The molecule has 0 amide bonds. The average molecular weight is 371 g/mol. The highest BCUT2D eigenvalue weighted by atomic mass is 16.5. The molecular formula is C21H25NO5. The smallest absolute Gasteiger partial charge is 0.338 e. The van der Waals surface area contributed by atoms with E-state index in [9.17, 15) is 14.4 Å². The summed E-state index contributed by atoms with van der Waals surface area (Å²) in [7, 11) is 1.34. The van der Waals surface area contributed by atoms with Crippen LogP contribution in [-0.4, -0.2) is 36.0 Å². The number of hydrogen-bond acceptors (Lipinski definition) is 5. The zero-order valence-corrected chi connectivity index (χ0v) is 16.4. The Bertz CT molecular complexity index is 859. The highest BCUT2D eigenvalue weighted by Crippen LogP contribution is 2.17. The number of carbonyl (C=O) groups excluding carboxylic acids is 3. The van der Waals surface area contributed by atoms with E-state index in [1.807, 2.05) is 38.3 Å². The average Bonchev–Trinajstić information content (AvgIpc) is 2.90. The van der Waals surface area contributed by atoms with Crippen molar-refractivity contribution in [3.63, 3.8) is 0 Å². The van der Waals surface area contributed by atoms with Gasteiger partial charge in [0.25, 0.3) is 0 Å². The van der Waals surface area contributed by atoms with Gasteiger partial charge in [0.1, 0.15) is 0 Å². The van der Waals surface area contributed by atoms with E-state index in [1.165, 1.54) is 7.11 Å². The molecule has 6 heteroatoms. The van der Waals surface area contributed by atoms with E-state index in [2.05, 4.69) is 4.74 Å². The molecular weight excluding hydrogens is 346 g/mol. The van der Waals surface area contributed by atoms with Gasteiger partial charge in [-0.05, 0) is 45.9 Å². The first-order chi connectivity index (χ1) is 12.7. The van der Waals surface area contributed by atoms with Crippen LogP contribution in [0.2, 0.25) is 0 Å². The Morgan fingerprint density at radius 1 is 0.963 bits per heavy atom. The number of esters is 2. The molecule has 0 aliphatic heterocycles. The van der Waals surface area contributed by atoms with E-state index in [4.69, 9.17) is 4.74 Å². The van der Waals surface area contributed by atoms with Crippen LogP contribution in [0, 0.1) is 27.7 Å². The van der Waals surface area contributed by atoms with Crippen LogP contribution in [0.25, 0.3) is 0 Å². The van der Waals surface area contributed by atoms with Crippen molar-refractivity contribution >= 4 is 17.7 Å². The Balaban J connectivity index is 2.05. The molecule has 1 heterocycles. The van der Waals surface area contributed by atoms with E-state index in [0.717, 1.165) is 22.5 Å². The van der Waals surface area contributed by atoms with Crippen LogP contribution in [0.5, 0.6) is 0 Å². The lowest BCUT2D eigenvalue weighted by Gasteiger charge is -2.09. The minimum Gasteiger partial charge on any atom is -0.469 e. The van der Waals surface area contributed by atoms with Crippen molar-refractivity contribution in [1.29, 1.82) is 0 Å². The van der Waals surface area contributed by atoms with Gasteiger partial charge in [-0.2, -0.15) is 0 Å². The van der Waals surface area contributed by atoms with Crippen molar-refractivity contribution in [2.75, 3.05) is 13.7 Å². The van der Waals surface area contributed by atoms with Gasteiger partial charge in [0.2, 0.25) is 5.78 Å². The number of benzene rings is 1. The van der Waals surface area contributed by atoms with Crippen LogP contribution in [0.1, 0.15) is 49.7 Å². The molecule has 0 N–H and O–H groups in total. The Kier molecular flexibility index (Phi) is 6.55. The molecule has 6 nitrogen and oxygen atoms in total. The number of ether oxygens (including phenoxy) is 2. The largest absolute Gasteiger partial charge is 0.469 e. The minimum atomic E-state index is -0.519. The topological polar surface area (TPSA) is 74.6 Å². The van der Waals surface area contributed by atoms with Gasteiger partial charge in [-0.1, -0.05) is 17.2 Å². The Hall–Kier alpha value is -2.89. The molecule has 1 aromatic heterocycles. The lowest BCUT2D eigenvalue weighted by molar-refractivity contribution is -0.140. The fourth-order valence-corrected chi connectivity index (χ4v) is 3.12. The van der Waals surface area contributed by atoms with Gasteiger partial charge in [-0.3, -0.25) is 9.59 Å². The van der Waals surface area contributed by atoms with E-state index < -0.39 is 5.97 Å². The molecule has 0 fully saturated rings. The molecule has 0 unspecified atom stereocenters. The number of nitrogens with zero attached hydrogens (tertiary/aromatic N) is 1. The highest BCUT2D eigenvalue weighted by molar-refractivity contribution is 6.00. The first-order valence-corrected chi connectivity index (χ1v) is 8.75. The number of methoxy groups -OCH3 is 1. The summed E-state index contributed by atoms with van der Waals surface area (Å²) in [6.07, 6.45) is 0.224. The van der Waals surface area contributed by atoms with Crippen molar-refractivity contribution in [2.45, 2.75) is 40.7 Å². The van der Waals surface area contributed by atoms with Crippen LogP contribution >= 0.6 is 0 Å². The molecule has 2 aromatic rings.